The molecule has 1 radical (unpaired) electrons. The van der Waals surface area contributed by atoms with Gasteiger partial charge in [-0.3, -0.25) is 0 Å². The molecule has 127 valence electrons. The van der Waals surface area contributed by atoms with Crippen molar-refractivity contribution >= 4 is 0 Å². The van der Waals surface area contributed by atoms with Crippen molar-refractivity contribution in [2.45, 2.75) is 117 Å². The van der Waals surface area contributed by atoms with Gasteiger partial charge in [0.2, 0.25) is 0 Å². The smallest absolute Gasteiger partial charge is 0.0836 e. The Labute approximate surface area is 135 Å². The lowest BCUT2D eigenvalue weighted by Crippen LogP contribution is -1.92. The van der Waals surface area contributed by atoms with E-state index >= 15 is 0 Å². The zero-order valence-electron chi connectivity index (χ0n) is 15.0. The van der Waals surface area contributed by atoms with Crippen molar-refractivity contribution in [3.63, 3.8) is 0 Å². The second-order valence-corrected chi connectivity index (χ2v) is 6.42. The van der Waals surface area contributed by atoms with Crippen LogP contribution in [0.5, 0.6) is 0 Å². The highest BCUT2D eigenvalue weighted by atomic mass is 16.5. The molecule has 0 saturated heterocycles. The van der Waals surface area contributed by atoms with Crippen molar-refractivity contribution < 1.29 is 4.74 Å². The monoisotopic (exact) mass is 297 g/mol. The van der Waals surface area contributed by atoms with Crippen LogP contribution >= 0.6 is 0 Å². The Kier molecular flexibility index (Phi) is 19.9. The zero-order valence-corrected chi connectivity index (χ0v) is 15.0. The largest absolute Gasteiger partial charge is 0.376 e. The van der Waals surface area contributed by atoms with E-state index in [0.717, 1.165) is 13.0 Å². The second kappa shape index (κ2) is 20.0. The molecule has 0 fully saturated rings. The van der Waals surface area contributed by atoms with E-state index in [2.05, 4.69) is 13.8 Å². The summed E-state index contributed by atoms with van der Waals surface area (Å²) >= 11 is 0. The predicted octanol–water partition coefficient (Wildman–Crippen LogP) is 7.45. The number of hydrogen-bond donors (Lipinski definition) is 0. The topological polar surface area (TPSA) is 9.23 Å². The molecule has 0 aliphatic carbocycles. The van der Waals surface area contributed by atoms with Gasteiger partial charge in [-0.15, -0.1) is 0 Å². The molecule has 0 aliphatic heterocycles. The van der Waals surface area contributed by atoms with Gasteiger partial charge >= 0.3 is 0 Å². The first-order valence-electron chi connectivity index (χ1n) is 9.85. The van der Waals surface area contributed by atoms with E-state index in [1.165, 1.54) is 96.3 Å². The molecule has 0 N–H and O–H groups in total. The average Bonchev–Trinajstić information content (AvgIpc) is 2.50. The van der Waals surface area contributed by atoms with Crippen LogP contribution < -0.4 is 0 Å². The van der Waals surface area contributed by atoms with Gasteiger partial charge in [0.1, 0.15) is 0 Å². The minimum absolute atomic E-state index is 0.935. The molecule has 0 aromatic heterocycles. The van der Waals surface area contributed by atoms with E-state index in [0.29, 0.717) is 0 Å². The van der Waals surface area contributed by atoms with Crippen LogP contribution in [-0.2, 0) is 4.74 Å². The van der Waals surface area contributed by atoms with Gasteiger partial charge in [0.25, 0.3) is 0 Å². The summed E-state index contributed by atoms with van der Waals surface area (Å²) < 4.78 is 5.57. The van der Waals surface area contributed by atoms with E-state index in [1.54, 1.807) is 0 Å². The summed E-state index contributed by atoms with van der Waals surface area (Å²) in [6.45, 7) is 7.51. The standard InChI is InChI=1S/C20H41O/c1-3-5-7-9-10-11-12-13-14-16-18-20-21-19-17-15-8-6-4-2/h19H,3-18,20H2,1-2H3. The van der Waals surface area contributed by atoms with Crippen LogP contribution in [0.3, 0.4) is 0 Å². The average molecular weight is 298 g/mol. The normalized spacial score (nSPS) is 11.1. The highest BCUT2D eigenvalue weighted by Gasteiger charge is 1.94. The van der Waals surface area contributed by atoms with Gasteiger partial charge < -0.3 is 4.74 Å². The van der Waals surface area contributed by atoms with Gasteiger partial charge in [0.05, 0.1) is 6.61 Å². The molecule has 21 heavy (non-hydrogen) atoms. The second-order valence-electron chi connectivity index (χ2n) is 6.42. The molecular weight excluding hydrogens is 256 g/mol. The van der Waals surface area contributed by atoms with Crippen LogP contribution in [0.25, 0.3) is 0 Å². The molecule has 0 heterocycles. The SMILES string of the molecule is CCCCCC[CH]OCCCCCCCCCCCCC. The van der Waals surface area contributed by atoms with Gasteiger partial charge in [-0.2, -0.15) is 0 Å². The fourth-order valence-corrected chi connectivity index (χ4v) is 2.67. The summed E-state index contributed by atoms with van der Waals surface area (Å²) in [7, 11) is 0. The van der Waals surface area contributed by atoms with Crippen molar-refractivity contribution in [2.24, 2.45) is 0 Å². The van der Waals surface area contributed by atoms with Crippen LogP contribution in [0.15, 0.2) is 0 Å². The summed E-state index contributed by atoms with van der Waals surface area (Å²) in [6.07, 6.45) is 21.9. The van der Waals surface area contributed by atoms with Crippen molar-refractivity contribution in [1.82, 2.24) is 0 Å². The van der Waals surface area contributed by atoms with Crippen molar-refractivity contribution in [3.8, 4) is 0 Å². The molecule has 1 heteroatoms. The molecule has 0 bridgehead atoms. The first-order chi connectivity index (χ1) is 10.4. The van der Waals surface area contributed by atoms with E-state index in [-0.39, 0.29) is 0 Å². The van der Waals surface area contributed by atoms with Gasteiger partial charge in [-0.05, 0) is 12.8 Å². The predicted molar refractivity (Wildman–Crippen MR) is 95.5 cm³/mol. The lowest BCUT2D eigenvalue weighted by Gasteiger charge is -2.04. The lowest BCUT2D eigenvalue weighted by atomic mass is 10.1. The molecule has 0 rings (SSSR count). The Balaban J connectivity index is 2.90. The van der Waals surface area contributed by atoms with Crippen LogP contribution in [-0.4, -0.2) is 6.61 Å². The van der Waals surface area contributed by atoms with Crippen molar-refractivity contribution in [3.05, 3.63) is 6.61 Å². The Morgan fingerprint density at radius 2 is 0.952 bits per heavy atom. The highest BCUT2D eigenvalue weighted by molar-refractivity contribution is 4.53. The maximum Gasteiger partial charge on any atom is 0.0836 e. The maximum absolute atomic E-state index is 5.57. The fourth-order valence-electron chi connectivity index (χ4n) is 2.67. The number of hydrogen-bond acceptors (Lipinski definition) is 1. The molecular formula is C20H41O. The number of rotatable bonds is 18. The Hall–Kier alpha value is -0.0400. The number of ether oxygens (including phenoxy) is 1. The fraction of sp³-hybridized carbons (Fsp3) is 0.950. The van der Waals surface area contributed by atoms with Crippen LogP contribution in [0, 0.1) is 6.61 Å². The molecule has 0 saturated carbocycles. The Bertz CT molecular complexity index is 149. The quantitative estimate of drug-likeness (QED) is 0.239. The number of unbranched alkanes of at least 4 members (excludes halogenated alkanes) is 14. The van der Waals surface area contributed by atoms with Crippen LogP contribution in [0.1, 0.15) is 117 Å². The van der Waals surface area contributed by atoms with Crippen molar-refractivity contribution in [2.75, 3.05) is 6.61 Å². The molecule has 0 amide bonds. The van der Waals surface area contributed by atoms with E-state index in [4.69, 9.17) is 4.74 Å². The third-order valence-corrected chi connectivity index (χ3v) is 4.16. The highest BCUT2D eigenvalue weighted by Crippen LogP contribution is 2.11. The summed E-state index contributed by atoms with van der Waals surface area (Å²) in [6, 6.07) is 0. The molecule has 1 nitrogen and oxygen atoms in total. The molecule has 0 aromatic rings. The zero-order chi connectivity index (χ0) is 15.4. The first kappa shape index (κ1) is 21.0. The summed E-state index contributed by atoms with van der Waals surface area (Å²) in [5, 5.41) is 0. The minimum Gasteiger partial charge on any atom is -0.376 e. The minimum atomic E-state index is 0.935. The summed E-state index contributed by atoms with van der Waals surface area (Å²) in [4.78, 5) is 0. The summed E-state index contributed by atoms with van der Waals surface area (Å²) in [5.74, 6) is 0. The van der Waals surface area contributed by atoms with E-state index in [1.807, 2.05) is 6.61 Å². The van der Waals surface area contributed by atoms with E-state index in [9.17, 15) is 0 Å². The van der Waals surface area contributed by atoms with Gasteiger partial charge in [0, 0.05) is 6.61 Å². The van der Waals surface area contributed by atoms with Crippen LogP contribution in [0.4, 0.5) is 0 Å². The molecule has 0 aromatic carbocycles. The third kappa shape index (κ3) is 20.0. The summed E-state index contributed by atoms with van der Waals surface area (Å²) in [5.41, 5.74) is 0. The van der Waals surface area contributed by atoms with Crippen LogP contribution in [0.2, 0.25) is 0 Å². The van der Waals surface area contributed by atoms with Gasteiger partial charge in [-0.25, -0.2) is 0 Å². The Morgan fingerprint density at radius 1 is 0.524 bits per heavy atom. The molecule has 0 atom stereocenters. The van der Waals surface area contributed by atoms with E-state index < -0.39 is 0 Å². The Morgan fingerprint density at radius 3 is 1.48 bits per heavy atom. The first-order valence-corrected chi connectivity index (χ1v) is 9.85. The molecule has 0 aliphatic rings. The maximum atomic E-state index is 5.57. The lowest BCUT2D eigenvalue weighted by molar-refractivity contribution is 0.183. The van der Waals surface area contributed by atoms with Crippen molar-refractivity contribution in [1.29, 1.82) is 0 Å². The molecule has 0 unspecified atom stereocenters. The molecule has 0 spiro atoms. The van der Waals surface area contributed by atoms with Gasteiger partial charge in [-0.1, -0.05) is 104 Å². The third-order valence-electron chi connectivity index (χ3n) is 4.16. The van der Waals surface area contributed by atoms with Gasteiger partial charge in [0.15, 0.2) is 0 Å².